The summed E-state index contributed by atoms with van der Waals surface area (Å²) >= 11 is 6.30. The fourth-order valence-corrected chi connectivity index (χ4v) is 2.39. The zero-order valence-electron chi connectivity index (χ0n) is 12.5. The average molecular weight is 296 g/mol. The molecule has 0 spiro atoms. The van der Waals surface area contributed by atoms with E-state index in [1.165, 1.54) is 5.56 Å². The minimum absolute atomic E-state index is 0.374. The van der Waals surface area contributed by atoms with E-state index >= 15 is 0 Å². The molecule has 0 saturated carbocycles. The standard InChI is InChI=1S/C14H22ClN5/c1-10(2)13-12(14(15)19(4)18-13)8-16-5-6-20-9-11(3)7-17-20/h7,9-10,16H,5-6,8H2,1-4H3. The molecule has 0 saturated heterocycles. The van der Waals surface area contributed by atoms with Gasteiger partial charge in [0.2, 0.25) is 0 Å². The first-order valence-corrected chi connectivity index (χ1v) is 7.28. The molecule has 20 heavy (non-hydrogen) atoms. The van der Waals surface area contributed by atoms with Gasteiger partial charge in [-0.1, -0.05) is 25.4 Å². The lowest BCUT2D eigenvalue weighted by molar-refractivity contribution is 0.553. The maximum Gasteiger partial charge on any atom is 0.131 e. The summed E-state index contributed by atoms with van der Waals surface area (Å²) in [7, 11) is 1.88. The SMILES string of the molecule is Cc1cnn(CCNCc2c(C(C)C)nn(C)c2Cl)c1. The molecule has 0 aromatic carbocycles. The fraction of sp³-hybridized carbons (Fsp3) is 0.571. The Bertz CT molecular complexity index is 570. The van der Waals surface area contributed by atoms with Gasteiger partial charge in [0.15, 0.2) is 0 Å². The summed E-state index contributed by atoms with van der Waals surface area (Å²) in [5.41, 5.74) is 3.35. The van der Waals surface area contributed by atoms with Gasteiger partial charge in [0, 0.05) is 31.9 Å². The number of rotatable bonds is 6. The van der Waals surface area contributed by atoms with E-state index in [-0.39, 0.29) is 0 Å². The highest BCUT2D eigenvalue weighted by atomic mass is 35.5. The Morgan fingerprint density at radius 3 is 2.75 bits per heavy atom. The highest BCUT2D eigenvalue weighted by Crippen LogP contribution is 2.24. The zero-order chi connectivity index (χ0) is 14.7. The van der Waals surface area contributed by atoms with Crippen LogP contribution in [-0.2, 0) is 20.1 Å². The second-order valence-corrected chi connectivity index (χ2v) is 5.75. The Morgan fingerprint density at radius 2 is 2.15 bits per heavy atom. The molecule has 0 aliphatic heterocycles. The molecule has 0 amide bonds. The molecule has 0 atom stereocenters. The van der Waals surface area contributed by atoms with Crippen molar-refractivity contribution >= 4 is 11.6 Å². The molecule has 0 bridgehead atoms. The molecule has 6 heteroatoms. The first-order valence-electron chi connectivity index (χ1n) is 6.90. The van der Waals surface area contributed by atoms with Crippen LogP contribution in [0.25, 0.3) is 0 Å². The predicted molar refractivity (Wildman–Crippen MR) is 81.0 cm³/mol. The molecular weight excluding hydrogens is 274 g/mol. The smallest absolute Gasteiger partial charge is 0.131 e. The number of hydrogen-bond acceptors (Lipinski definition) is 3. The van der Waals surface area contributed by atoms with Crippen LogP contribution in [0.15, 0.2) is 12.4 Å². The van der Waals surface area contributed by atoms with Crippen molar-refractivity contribution in [1.82, 2.24) is 24.9 Å². The van der Waals surface area contributed by atoms with E-state index in [0.29, 0.717) is 5.92 Å². The molecular formula is C14H22ClN5. The summed E-state index contributed by atoms with van der Waals surface area (Å²) in [5, 5.41) is 12.9. The van der Waals surface area contributed by atoms with Crippen molar-refractivity contribution in [1.29, 1.82) is 0 Å². The Kier molecular flexibility index (Phi) is 4.83. The first kappa shape index (κ1) is 15.1. The van der Waals surface area contributed by atoms with Crippen LogP contribution >= 0.6 is 11.6 Å². The highest BCUT2D eigenvalue weighted by Gasteiger charge is 2.16. The summed E-state index contributed by atoms with van der Waals surface area (Å²) in [6, 6.07) is 0. The van der Waals surface area contributed by atoms with E-state index in [1.807, 2.05) is 31.0 Å². The van der Waals surface area contributed by atoms with Crippen LogP contribution < -0.4 is 5.32 Å². The van der Waals surface area contributed by atoms with Gasteiger partial charge in [0.25, 0.3) is 0 Å². The van der Waals surface area contributed by atoms with Crippen molar-refractivity contribution in [3.8, 4) is 0 Å². The van der Waals surface area contributed by atoms with Crippen LogP contribution in [0.2, 0.25) is 5.15 Å². The van der Waals surface area contributed by atoms with Gasteiger partial charge in [0.05, 0.1) is 18.4 Å². The van der Waals surface area contributed by atoms with Crippen LogP contribution in [0, 0.1) is 6.92 Å². The molecule has 0 unspecified atom stereocenters. The second kappa shape index (κ2) is 6.41. The summed E-state index contributed by atoms with van der Waals surface area (Å²) in [5.74, 6) is 0.374. The molecule has 2 heterocycles. The Morgan fingerprint density at radius 1 is 1.40 bits per heavy atom. The minimum atomic E-state index is 0.374. The van der Waals surface area contributed by atoms with Crippen molar-refractivity contribution in [2.45, 2.75) is 39.8 Å². The monoisotopic (exact) mass is 295 g/mol. The van der Waals surface area contributed by atoms with Gasteiger partial charge in [-0.15, -0.1) is 0 Å². The molecule has 0 radical (unpaired) electrons. The maximum atomic E-state index is 6.30. The van der Waals surface area contributed by atoms with Gasteiger partial charge in [0.1, 0.15) is 5.15 Å². The lowest BCUT2D eigenvalue weighted by atomic mass is 10.1. The quantitative estimate of drug-likeness (QED) is 0.833. The normalized spacial score (nSPS) is 11.5. The molecule has 1 N–H and O–H groups in total. The van der Waals surface area contributed by atoms with Crippen molar-refractivity contribution < 1.29 is 0 Å². The summed E-state index contributed by atoms with van der Waals surface area (Å²) in [4.78, 5) is 0. The van der Waals surface area contributed by atoms with E-state index in [4.69, 9.17) is 11.6 Å². The summed E-state index contributed by atoms with van der Waals surface area (Å²) in [6.45, 7) is 8.75. The van der Waals surface area contributed by atoms with E-state index in [9.17, 15) is 0 Å². The van der Waals surface area contributed by atoms with Gasteiger partial charge >= 0.3 is 0 Å². The average Bonchev–Trinajstić information content (AvgIpc) is 2.92. The largest absolute Gasteiger partial charge is 0.311 e. The third-order valence-corrected chi connectivity index (χ3v) is 3.70. The Balaban J connectivity index is 1.91. The number of aromatic nitrogens is 4. The van der Waals surface area contributed by atoms with Crippen LogP contribution in [-0.4, -0.2) is 26.1 Å². The minimum Gasteiger partial charge on any atom is -0.311 e. The van der Waals surface area contributed by atoms with Crippen molar-refractivity contribution in [3.05, 3.63) is 34.4 Å². The molecule has 2 rings (SSSR count). The number of nitrogens with zero attached hydrogens (tertiary/aromatic N) is 4. The van der Waals surface area contributed by atoms with Crippen LogP contribution in [0.1, 0.15) is 36.6 Å². The topological polar surface area (TPSA) is 47.7 Å². The molecule has 5 nitrogen and oxygen atoms in total. The van der Waals surface area contributed by atoms with Crippen molar-refractivity contribution in [2.75, 3.05) is 6.54 Å². The van der Waals surface area contributed by atoms with E-state index in [2.05, 4.69) is 29.4 Å². The van der Waals surface area contributed by atoms with Crippen molar-refractivity contribution in [2.24, 2.45) is 7.05 Å². The van der Waals surface area contributed by atoms with Gasteiger partial charge < -0.3 is 5.32 Å². The van der Waals surface area contributed by atoms with Crippen molar-refractivity contribution in [3.63, 3.8) is 0 Å². The molecule has 110 valence electrons. The lowest BCUT2D eigenvalue weighted by Crippen LogP contribution is -2.20. The molecule has 0 aliphatic carbocycles. The number of aryl methyl sites for hydroxylation is 2. The molecule has 0 aliphatic rings. The fourth-order valence-electron chi connectivity index (χ4n) is 2.19. The Labute approximate surface area is 124 Å². The van der Waals surface area contributed by atoms with Crippen LogP contribution in [0.5, 0.6) is 0 Å². The number of halogens is 1. The first-order chi connectivity index (χ1) is 9.49. The molecule has 0 fully saturated rings. The summed E-state index contributed by atoms with van der Waals surface area (Å²) < 4.78 is 3.68. The number of hydrogen-bond donors (Lipinski definition) is 1. The van der Waals surface area contributed by atoms with Gasteiger partial charge in [-0.25, -0.2) is 0 Å². The summed E-state index contributed by atoms with van der Waals surface area (Å²) in [6.07, 6.45) is 3.91. The molecule has 2 aromatic rings. The van der Waals surface area contributed by atoms with E-state index < -0.39 is 0 Å². The maximum absolute atomic E-state index is 6.30. The van der Waals surface area contributed by atoms with Gasteiger partial charge in [-0.3, -0.25) is 9.36 Å². The Hall–Kier alpha value is -1.33. The second-order valence-electron chi connectivity index (χ2n) is 5.39. The van der Waals surface area contributed by atoms with Crippen LogP contribution in [0.3, 0.4) is 0 Å². The van der Waals surface area contributed by atoms with Gasteiger partial charge in [-0.05, 0) is 18.4 Å². The van der Waals surface area contributed by atoms with E-state index in [0.717, 1.165) is 36.0 Å². The third-order valence-electron chi connectivity index (χ3n) is 3.23. The lowest BCUT2D eigenvalue weighted by Gasteiger charge is -2.08. The van der Waals surface area contributed by atoms with Gasteiger partial charge in [-0.2, -0.15) is 10.2 Å². The third kappa shape index (κ3) is 3.41. The highest BCUT2D eigenvalue weighted by molar-refractivity contribution is 6.30. The molecule has 2 aromatic heterocycles. The predicted octanol–water partition coefficient (Wildman–Crippen LogP) is 2.49. The zero-order valence-corrected chi connectivity index (χ0v) is 13.3. The van der Waals surface area contributed by atoms with E-state index in [1.54, 1.807) is 4.68 Å². The van der Waals surface area contributed by atoms with Crippen LogP contribution in [0.4, 0.5) is 0 Å². The number of nitrogens with one attached hydrogen (secondary N) is 1.